The van der Waals surface area contributed by atoms with Crippen LogP contribution in [0.4, 0.5) is 5.82 Å². The average molecular weight is 397 g/mol. The molecule has 0 atom stereocenters. The molecule has 0 radical (unpaired) electrons. The number of benzene rings is 1. The fourth-order valence-corrected chi connectivity index (χ4v) is 5.09. The van der Waals surface area contributed by atoms with E-state index in [1.54, 1.807) is 11.3 Å². The second kappa shape index (κ2) is 8.55. The van der Waals surface area contributed by atoms with Crippen LogP contribution in [0.5, 0.6) is 0 Å². The highest BCUT2D eigenvalue weighted by molar-refractivity contribution is 7.21. The number of aryl methyl sites for hydroxylation is 1. The molecule has 1 aliphatic heterocycles. The lowest BCUT2D eigenvalue weighted by atomic mass is 10.0. The Morgan fingerprint density at radius 2 is 1.93 bits per heavy atom. The number of aliphatic hydroxyl groups excluding tert-OH is 1. The Labute approximate surface area is 170 Å². The molecule has 6 heteroatoms. The largest absolute Gasteiger partial charge is 0.396 e. The maximum atomic E-state index is 9.07. The number of anilines is 1. The Hall–Kier alpha value is -2.02. The number of nitrogens with zero attached hydrogens (tertiary/aromatic N) is 4. The van der Waals surface area contributed by atoms with E-state index in [1.807, 2.05) is 13.0 Å². The molecule has 1 aliphatic rings. The van der Waals surface area contributed by atoms with Gasteiger partial charge in [0.15, 0.2) is 0 Å². The molecule has 0 saturated carbocycles. The predicted molar refractivity (Wildman–Crippen MR) is 117 cm³/mol. The Bertz CT molecular complexity index is 919. The van der Waals surface area contributed by atoms with Gasteiger partial charge in [-0.2, -0.15) is 0 Å². The van der Waals surface area contributed by atoms with E-state index >= 15 is 0 Å². The molecule has 0 amide bonds. The van der Waals surface area contributed by atoms with Crippen LogP contribution in [-0.2, 0) is 0 Å². The molecule has 0 unspecified atom stereocenters. The van der Waals surface area contributed by atoms with E-state index in [9.17, 15) is 0 Å². The highest BCUT2D eigenvalue weighted by Crippen LogP contribution is 2.37. The maximum absolute atomic E-state index is 9.07. The molecule has 3 aromatic rings. The number of hydrogen-bond donors (Lipinski definition) is 1. The first-order valence-corrected chi connectivity index (χ1v) is 10.9. The standard InChI is InChI=1S/C22H28N4OS/c1-16-23-21(26-12-9-18(10-13-26)25(2)11-6-14-27)19-15-20(28-22(19)24-16)17-7-4-3-5-8-17/h3-5,7-8,15,18,27H,6,9-14H2,1-2H3. The summed E-state index contributed by atoms with van der Waals surface area (Å²) >= 11 is 1.75. The molecule has 2 aromatic heterocycles. The van der Waals surface area contributed by atoms with E-state index in [-0.39, 0.29) is 6.61 Å². The summed E-state index contributed by atoms with van der Waals surface area (Å²) in [7, 11) is 2.17. The Kier molecular flexibility index (Phi) is 5.90. The summed E-state index contributed by atoms with van der Waals surface area (Å²) in [6.45, 7) is 5.24. The van der Waals surface area contributed by atoms with Crippen molar-refractivity contribution in [3.05, 3.63) is 42.2 Å². The molecule has 28 heavy (non-hydrogen) atoms. The van der Waals surface area contributed by atoms with Crippen LogP contribution in [0.15, 0.2) is 36.4 Å². The van der Waals surface area contributed by atoms with Crippen LogP contribution in [0.25, 0.3) is 20.7 Å². The molecule has 1 fully saturated rings. The number of fused-ring (bicyclic) bond motifs is 1. The third kappa shape index (κ3) is 4.04. The van der Waals surface area contributed by atoms with Gasteiger partial charge in [-0.1, -0.05) is 30.3 Å². The molecule has 0 bridgehead atoms. The Balaban J connectivity index is 1.56. The van der Waals surface area contributed by atoms with Crippen LogP contribution < -0.4 is 4.90 Å². The van der Waals surface area contributed by atoms with Crippen LogP contribution in [0, 0.1) is 6.92 Å². The molecule has 4 rings (SSSR count). The van der Waals surface area contributed by atoms with Gasteiger partial charge in [-0.05, 0) is 44.9 Å². The number of aromatic nitrogens is 2. The van der Waals surface area contributed by atoms with Crippen LogP contribution in [0.1, 0.15) is 25.1 Å². The summed E-state index contributed by atoms with van der Waals surface area (Å²) in [5.74, 6) is 1.92. The van der Waals surface area contributed by atoms with E-state index < -0.39 is 0 Å². The minimum Gasteiger partial charge on any atom is -0.396 e. The number of aliphatic hydroxyl groups is 1. The summed E-state index contributed by atoms with van der Waals surface area (Å²) in [5.41, 5.74) is 1.23. The van der Waals surface area contributed by atoms with Crippen molar-refractivity contribution in [1.29, 1.82) is 0 Å². The van der Waals surface area contributed by atoms with E-state index in [4.69, 9.17) is 15.1 Å². The second-order valence-electron chi connectivity index (χ2n) is 7.57. The van der Waals surface area contributed by atoms with Gasteiger partial charge in [-0.3, -0.25) is 0 Å². The van der Waals surface area contributed by atoms with E-state index in [1.165, 1.54) is 15.8 Å². The van der Waals surface area contributed by atoms with Gasteiger partial charge >= 0.3 is 0 Å². The van der Waals surface area contributed by atoms with Gasteiger partial charge in [-0.15, -0.1) is 11.3 Å². The van der Waals surface area contributed by atoms with Gasteiger partial charge in [0.05, 0.1) is 5.39 Å². The minimum atomic E-state index is 0.267. The van der Waals surface area contributed by atoms with Crippen LogP contribution in [0.2, 0.25) is 0 Å². The van der Waals surface area contributed by atoms with Crippen molar-refractivity contribution >= 4 is 27.4 Å². The normalized spacial score (nSPS) is 15.6. The predicted octanol–water partition coefficient (Wildman–Crippen LogP) is 3.95. The van der Waals surface area contributed by atoms with Gasteiger partial charge in [0.25, 0.3) is 0 Å². The van der Waals surface area contributed by atoms with E-state index in [0.29, 0.717) is 6.04 Å². The summed E-state index contributed by atoms with van der Waals surface area (Å²) in [6, 6.07) is 13.4. The number of rotatable bonds is 6. The average Bonchev–Trinajstić information content (AvgIpc) is 3.16. The molecule has 3 heterocycles. The second-order valence-corrected chi connectivity index (χ2v) is 8.60. The summed E-state index contributed by atoms with van der Waals surface area (Å²) in [6.07, 6.45) is 3.10. The summed E-state index contributed by atoms with van der Waals surface area (Å²) in [4.78, 5) is 16.7. The molecule has 0 aliphatic carbocycles. The number of piperidine rings is 1. The zero-order valence-electron chi connectivity index (χ0n) is 16.6. The molecule has 1 saturated heterocycles. The van der Waals surface area contributed by atoms with Crippen molar-refractivity contribution in [3.8, 4) is 10.4 Å². The molecule has 5 nitrogen and oxygen atoms in total. The zero-order chi connectivity index (χ0) is 19.5. The lowest BCUT2D eigenvalue weighted by Gasteiger charge is -2.37. The first-order valence-electron chi connectivity index (χ1n) is 10.1. The van der Waals surface area contributed by atoms with E-state index in [0.717, 1.165) is 55.4 Å². The lowest BCUT2D eigenvalue weighted by Crippen LogP contribution is -2.44. The monoisotopic (exact) mass is 396 g/mol. The van der Waals surface area contributed by atoms with E-state index in [2.05, 4.69) is 47.2 Å². The third-order valence-electron chi connectivity index (χ3n) is 5.60. The van der Waals surface area contributed by atoms with Gasteiger partial charge in [-0.25, -0.2) is 9.97 Å². The van der Waals surface area contributed by atoms with Crippen LogP contribution >= 0.6 is 11.3 Å². The third-order valence-corrected chi connectivity index (χ3v) is 6.68. The molecule has 148 valence electrons. The van der Waals surface area contributed by atoms with Gasteiger partial charge in [0.2, 0.25) is 0 Å². The van der Waals surface area contributed by atoms with Crippen molar-refractivity contribution in [3.63, 3.8) is 0 Å². The van der Waals surface area contributed by atoms with Crippen molar-refractivity contribution < 1.29 is 5.11 Å². The lowest BCUT2D eigenvalue weighted by molar-refractivity contribution is 0.184. The van der Waals surface area contributed by atoms with Crippen LogP contribution in [0.3, 0.4) is 0 Å². The summed E-state index contributed by atoms with van der Waals surface area (Å²) in [5, 5.41) is 10.2. The zero-order valence-corrected chi connectivity index (χ0v) is 17.5. The minimum absolute atomic E-state index is 0.267. The fraction of sp³-hybridized carbons (Fsp3) is 0.455. The number of thiophene rings is 1. The topological polar surface area (TPSA) is 52.5 Å². The van der Waals surface area contributed by atoms with Gasteiger partial charge < -0.3 is 14.9 Å². The molecule has 0 spiro atoms. The highest BCUT2D eigenvalue weighted by atomic mass is 32.1. The fourth-order valence-electron chi connectivity index (χ4n) is 4.02. The first-order chi connectivity index (χ1) is 13.7. The summed E-state index contributed by atoms with van der Waals surface area (Å²) < 4.78 is 0. The SMILES string of the molecule is Cc1nc(N2CCC(N(C)CCCO)CC2)c2cc(-c3ccccc3)sc2n1. The Morgan fingerprint density at radius 1 is 1.18 bits per heavy atom. The number of hydrogen-bond acceptors (Lipinski definition) is 6. The van der Waals surface area contributed by atoms with Crippen molar-refractivity contribution in [2.45, 2.75) is 32.2 Å². The van der Waals surface area contributed by atoms with Gasteiger partial charge in [0.1, 0.15) is 16.5 Å². The first kappa shape index (κ1) is 19.3. The molecular weight excluding hydrogens is 368 g/mol. The van der Waals surface area contributed by atoms with Crippen LogP contribution in [-0.4, -0.2) is 59.3 Å². The molecule has 1 aromatic carbocycles. The molecule has 1 N–H and O–H groups in total. The van der Waals surface area contributed by atoms with Crippen molar-refractivity contribution in [2.24, 2.45) is 0 Å². The highest BCUT2D eigenvalue weighted by Gasteiger charge is 2.25. The maximum Gasteiger partial charge on any atom is 0.141 e. The Morgan fingerprint density at radius 3 is 2.64 bits per heavy atom. The van der Waals surface area contributed by atoms with Gasteiger partial charge in [0, 0.05) is 37.2 Å². The quantitative estimate of drug-likeness (QED) is 0.684. The molecular formula is C22H28N4OS. The van der Waals surface area contributed by atoms with Crippen molar-refractivity contribution in [2.75, 3.05) is 38.2 Å². The smallest absolute Gasteiger partial charge is 0.141 e. The van der Waals surface area contributed by atoms with Crippen molar-refractivity contribution in [1.82, 2.24) is 14.9 Å².